The number of hydrogen-bond donors (Lipinski definition) is 0. The summed E-state index contributed by atoms with van der Waals surface area (Å²) in [5.74, 6) is -1.07. The Bertz CT molecular complexity index is 358. The predicted molar refractivity (Wildman–Crippen MR) is 88.4 cm³/mol. The van der Waals surface area contributed by atoms with E-state index < -0.39 is 5.92 Å². The molecule has 0 rings (SSSR count). The van der Waals surface area contributed by atoms with Crippen LogP contribution in [0.15, 0.2) is 11.6 Å². The van der Waals surface area contributed by atoms with Gasteiger partial charge in [-0.1, -0.05) is 53.5 Å². The van der Waals surface area contributed by atoms with Crippen molar-refractivity contribution in [3.05, 3.63) is 11.6 Å². The number of carbonyl (C=O) groups is 2. The Morgan fingerprint density at radius 1 is 0.955 bits per heavy atom. The van der Waals surface area contributed by atoms with E-state index in [1.54, 1.807) is 0 Å². The maximum absolute atomic E-state index is 12.3. The zero-order valence-corrected chi connectivity index (χ0v) is 14.8. The lowest BCUT2D eigenvalue weighted by Gasteiger charge is -2.18. The third-order valence-electron chi connectivity index (χ3n) is 3.29. The van der Waals surface area contributed by atoms with E-state index in [4.69, 9.17) is 9.47 Å². The van der Waals surface area contributed by atoms with E-state index in [2.05, 4.69) is 0 Å². The molecule has 1 atom stereocenters. The van der Waals surface area contributed by atoms with Gasteiger partial charge < -0.3 is 9.47 Å². The van der Waals surface area contributed by atoms with Crippen molar-refractivity contribution in [2.45, 2.75) is 66.7 Å². The molecular formula is C18H32O4. The van der Waals surface area contributed by atoms with Crippen molar-refractivity contribution in [3.8, 4) is 0 Å². The fraction of sp³-hybridized carbons (Fsp3) is 0.778. The predicted octanol–water partition coefficient (Wildman–Crippen LogP) is 4.28. The second-order valence-corrected chi connectivity index (χ2v) is 5.84. The molecule has 0 N–H and O–H groups in total. The van der Waals surface area contributed by atoms with Crippen molar-refractivity contribution in [2.75, 3.05) is 13.2 Å². The summed E-state index contributed by atoms with van der Waals surface area (Å²) in [6, 6.07) is 0. The van der Waals surface area contributed by atoms with Gasteiger partial charge in [-0.15, -0.1) is 0 Å². The summed E-state index contributed by atoms with van der Waals surface area (Å²) in [5.41, 5.74) is 0.440. The van der Waals surface area contributed by atoms with E-state index in [1.165, 1.54) is 0 Å². The minimum atomic E-state index is -0.534. The van der Waals surface area contributed by atoms with E-state index in [-0.39, 0.29) is 17.9 Å². The number of unbranched alkanes of at least 4 members (excludes halogenated alkanes) is 2. The Kier molecular flexibility index (Phi) is 11.5. The third-order valence-corrected chi connectivity index (χ3v) is 3.29. The summed E-state index contributed by atoms with van der Waals surface area (Å²) in [4.78, 5) is 24.5. The van der Waals surface area contributed by atoms with E-state index in [9.17, 15) is 9.59 Å². The molecule has 128 valence electrons. The number of esters is 2. The van der Waals surface area contributed by atoms with Crippen molar-refractivity contribution in [1.29, 1.82) is 0 Å². The van der Waals surface area contributed by atoms with Gasteiger partial charge in [0.15, 0.2) is 0 Å². The fourth-order valence-corrected chi connectivity index (χ4v) is 2.01. The first-order valence-corrected chi connectivity index (χ1v) is 8.53. The highest BCUT2D eigenvalue weighted by atomic mass is 16.5. The van der Waals surface area contributed by atoms with Gasteiger partial charge in [-0.05, 0) is 25.2 Å². The highest BCUT2D eigenvalue weighted by molar-refractivity contribution is 5.95. The lowest BCUT2D eigenvalue weighted by atomic mass is 9.93. The van der Waals surface area contributed by atoms with Crippen LogP contribution in [0.25, 0.3) is 0 Å². The van der Waals surface area contributed by atoms with Crippen LogP contribution in [0.2, 0.25) is 0 Å². The van der Waals surface area contributed by atoms with Crippen LogP contribution in [-0.4, -0.2) is 25.2 Å². The molecule has 0 aliphatic carbocycles. The van der Waals surface area contributed by atoms with E-state index in [1.807, 2.05) is 40.7 Å². The van der Waals surface area contributed by atoms with E-state index in [0.717, 1.165) is 25.7 Å². The molecular weight excluding hydrogens is 280 g/mol. The van der Waals surface area contributed by atoms with Crippen LogP contribution < -0.4 is 0 Å². The maximum atomic E-state index is 12.3. The van der Waals surface area contributed by atoms with Crippen LogP contribution in [-0.2, 0) is 19.1 Å². The second kappa shape index (κ2) is 12.2. The Labute approximate surface area is 135 Å². The Hall–Kier alpha value is -1.32. The molecule has 0 aromatic carbocycles. The Morgan fingerprint density at radius 2 is 1.50 bits per heavy atom. The van der Waals surface area contributed by atoms with Gasteiger partial charge in [0.05, 0.1) is 19.1 Å². The third kappa shape index (κ3) is 8.20. The fourth-order valence-electron chi connectivity index (χ4n) is 2.01. The van der Waals surface area contributed by atoms with Crippen molar-refractivity contribution in [1.82, 2.24) is 0 Å². The van der Waals surface area contributed by atoms with Crippen LogP contribution in [0.4, 0.5) is 0 Å². The Morgan fingerprint density at radius 3 is 1.95 bits per heavy atom. The molecule has 0 aliphatic heterocycles. The highest BCUT2D eigenvalue weighted by Crippen LogP contribution is 2.21. The first-order chi connectivity index (χ1) is 10.5. The topological polar surface area (TPSA) is 52.6 Å². The summed E-state index contributed by atoms with van der Waals surface area (Å²) in [6.45, 7) is 10.7. The lowest BCUT2D eigenvalue weighted by Crippen LogP contribution is -2.26. The van der Waals surface area contributed by atoms with Crippen LogP contribution in [0.1, 0.15) is 66.7 Å². The second-order valence-electron chi connectivity index (χ2n) is 5.84. The van der Waals surface area contributed by atoms with Gasteiger partial charge in [-0.3, -0.25) is 4.79 Å². The van der Waals surface area contributed by atoms with Crippen LogP contribution >= 0.6 is 0 Å². The lowest BCUT2D eigenvalue weighted by molar-refractivity contribution is -0.150. The molecule has 4 heteroatoms. The van der Waals surface area contributed by atoms with Gasteiger partial charge in [0.25, 0.3) is 0 Å². The number of carbonyl (C=O) groups excluding carboxylic acids is 2. The summed E-state index contributed by atoms with van der Waals surface area (Å²) in [7, 11) is 0. The van der Waals surface area contributed by atoms with Gasteiger partial charge >= 0.3 is 11.9 Å². The average molecular weight is 312 g/mol. The molecule has 0 aromatic rings. The first kappa shape index (κ1) is 20.7. The summed E-state index contributed by atoms with van der Waals surface area (Å²) < 4.78 is 10.6. The van der Waals surface area contributed by atoms with Crippen LogP contribution in [0.5, 0.6) is 0 Å². The molecule has 4 nitrogen and oxygen atoms in total. The van der Waals surface area contributed by atoms with E-state index in [0.29, 0.717) is 25.2 Å². The smallest absolute Gasteiger partial charge is 0.334 e. The molecule has 22 heavy (non-hydrogen) atoms. The van der Waals surface area contributed by atoms with Gasteiger partial charge in [-0.25, -0.2) is 4.79 Å². The first-order valence-electron chi connectivity index (χ1n) is 8.53. The largest absolute Gasteiger partial charge is 0.465 e. The number of hydrogen-bond acceptors (Lipinski definition) is 4. The molecule has 0 spiro atoms. The summed E-state index contributed by atoms with van der Waals surface area (Å²) >= 11 is 0. The molecule has 0 saturated heterocycles. The maximum Gasteiger partial charge on any atom is 0.334 e. The molecule has 0 saturated carbocycles. The monoisotopic (exact) mass is 312 g/mol. The Balaban J connectivity index is 4.95. The number of rotatable bonds is 11. The number of ether oxygens (including phenoxy) is 2. The van der Waals surface area contributed by atoms with Crippen LogP contribution in [0, 0.1) is 11.8 Å². The van der Waals surface area contributed by atoms with Gasteiger partial charge in [0.2, 0.25) is 0 Å². The van der Waals surface area contributed by atoms with E-state index >= 15 is 0 Å². The number of allylic oxidation sites excluding steroid dienone is 1. The molecule has 0 radical (unpaired) electrons. The van der Waals surface area contributed by atoms with Gasteiger partial charge in [-0.2, -0.15) is 0 Å². The molecule has 0 aromatic heterocycles. The minimum Gasteiger partial charge on any atom is -0.465 e. The normalized spacial score (nSPS) is 13.1. The average Bonchev–Trinajstić information content (AvgIpc) is 2.47. The SMILES string of the molecule is CCCCOC(=O)C(=CC(C)C)C(CC)C(=O)OCCCC. The summed E-state index contributed by atoms with van der Waals surface area (Å²) in [6.07, 6.45) is 5.96. The zero-order chi connectivity index (χ0) is 17.0. The molecule has 0 heterocycles. The molecule has 0 bridgehead atoms. The van der Waals surface area contributed by atoms with Crippen molar-refractivity contribution in [2.24, 2.45) is 11.8 Å². The van der Waals surface area contributed by atoms with Crippen molar-refractivity contribution in [3.63, 3.8) is 0 Å². The molecule has 0 fully saturated rings. The quantitative estimate of drug-likeness (QED) is 0.324. The minimum absolute atomic E-state index is 0.172. The van der Waals surface area contributed by atoms with Crippen molar-refractivity contribution >= 4 is 11.9 Å². The van der Waals surface area contributed by atoms with Crippen molar-refractivity contribution < 1.29 is 19.1 Å². The highest BCUT2D eigenvalue weighted by Gasteiger charge is 2.28. The zero-order valence-electron chi connectivity index (χ0n) is 14.8. The standard InChI is InChI=1S/C18H32O4/c1-6-9-11-21-17(19)15(8-3)16(13-14(4)5)18(20)22-12-10-7-2/h13-15H,6-12H2,1-5H3. The summed E-state index contributed by atoms with van der Waals surface area (Å²) in [5, 5.41) is 0. The van der Waals surface area contributed by atoms with Gasteiger partial charge in [0.1, 0.15) is 0 Å². The van der Waals surface area contributed by atoms with Crippen LogP contribution in [0.3, 0.4) is 0 Å². The van der Waals surface area contributed by atoms with Gasteiger partial charge in [0, 0.05) is 5.57 Å². The molecule has 0 aliphatic rings. The molecule has 0 amide bonds. The molecule has 1 unspecified atom stereocenters.